The summed E-state index contributed by atoms with van der Waals surface area (Å²) in [7, 11) is 0. The van der Waals surface area contributed by atoms with Crippen LogP contribution in [0.4, 0.5) is 0 Å². The SMILES string of the molecule is CCc1ccc(COc2ccc3c(c2)[C@H](N)CCC3)s1. The quantitative estimate of drug-likeness (QED) is 0.913. The molecule has 2 nitrogen and oxygen atoms in total. The molecule has 0 saturated heterocycles. The molecule has 0 bridgehead atoms. The summed E-state index contributed by atoms with van der Waals surface area (Å²) < 4.78 is 5.92. The van der Waals surface area contributed by atoms with Crippen molar-refractivity contribution in [1.29, 1.82) is 0 Å². The second-order valence-electron chi connectivity index (χ2n) is 5.37. The molecule has 0 radical (unpaired) electrons. The number of thiophene rings is 1. The minimum Gasteiger partial charge on any atom is -0.488 e. The molecule has 1 aromatic carbocycles. The van der Waals surface area contributed by atoms with Gasteiger partial charge in [0.1, 0.15) is 12.4 Å². The Morgan fingerprint density at radius 3 is 2.90 bits per heavy atom. The van der Waals surface area contributed by atoms with Crippen molar-refractivity contribution < 1.29 is 4.74 Å². The number of hydrogen-bond donors (Lipinski definition) is 1. The number of fused-ring (bicyclic) bond motifs is 1. The molecule has 1 aliphatic rings. The van der Waals surface area contributed by atoms with Crippen LogP contribution in [0.3, 0.4) is 0 Å². The Morgan fingerprint density at radius 2 is 2.10 bits per heavy atom. The van der Waals surface area contributed by atoms with Gasteiger partial charge in [0.2, 0.25) is 0 Å². The van der Waals surface area contributed by atoms with Crippen molar-refractivity contribution in [3.8, 4) is 5.75 Å². The molecule has 0 fully saturated rings. The van der Waals surface area contributed by atoms with E-state index < -0.39 is 0 Å². The molecule has 106 valence electrons. The molecule has 1 heterocycles. The molecular weight excluding hydrogens is 266 g/mol. The largest absolute Gasteiger partial charge is 0.488 e. The highest BCUT2D eigenvalue weighted by molar-refractivity contribution is 7.11. The van der Waals surface area contributed by atoms with Gasteiger partial charge in [-0.2, -0.15) is 0 Å². The van der Waals surface area contributed by atoms with Crippen LogP contribution >= 0.6 is 11.3 Å². The second-order valence-corrected chi connectivity index (χ2v) is 6.62. The lowest BCUT2D eigenvalue weighted by Crippen LogP contribution is -2.17. The summed E-state index contributed by atoms with van der Waals surface area (Å²) in [6, 6.07) is 10.9. The molecular formula is C17H21NOS. The first-order valence-electron chi connectivity index (χ1n) is 7.35. The average molecular weight is 287 g/mol. The van der Waals surface area contributed by atoms with E-state index in [-0.39, 0.29) is 6.04 Å². The zero-order valence-electron chi connectivity index (χ0n) is 11.9. The van der Waals surface area contributed by atoms with Crippen LogP contribution in [0.5, 0.6) is 5.75 Å². The van der Waals surface area contributed by atoms with Gasteiger partial charge in [0.25, 0.3) is 0 Å². The fourth-order valence-electron chi connectivity index (χ4n) is 2.75. The van der Waals surface area contributed by atoms with Gasteiger partial charge in [0.15, 0.2) is 0 Å². The summed E-state index contributed by atoms with van der Waals surface area (Å²) >= 11 is 1.83. The van der Waals surface area contributed by atoms with E-state index >= 15 is 0 Å². The maximum absolute atomic E-state index is 6.19. The smallest absolute Gasteiger partial charge is 0.122 e. The van der Waals surface area contributed by atoms with Gasteiger partial charge in [0.05, 0.1) is 0 Å². The summed E-state index contributed by atoms with van der Waals surface area (Å²) in [4.78, 5) is 2.69. The van der Waals surface area contributed by atoms with Crippen LogP contribution in [0.2, 0.25) is 0 Å². The molecule has 2 aromatic rings. The zero-order chi connectivity index (χ0) is 13.9. The third-order valence-electron chi connectivity index (χ3n) is 3.92. The molecule has 0 unspecified atom stereocenters. The van der Waals surface area contributed by atoms with Gasteiger partial charge in [0, 0.05) is 15.8 Å². The lowest BCUT2D eigenvalue weighted by molar-refractivity contribution is 0.309. The maximum atomic E-state index is 6.19. The van der Waals surface area contributed by atoms with Crippen LogP contribution in [0, 0.1) is 0 Å². The van der Waals surface area contributed by atoms with Gasteiger partial charge >= 0.3 is 0 Å². The Labute approximate surface area is 124 Å². The van der Waals surface area contributed by atoms with Crippen LogP contribution in [-0.2, 0) is 19.4 Å². The van der Waals surface area contributed by atoms with Gasteiger partial charge in [-0.25, -0.2) is 0 Å². The first-order chi connectivity index (χ1) is 9.76. The molecule has 2 N–H and O–H groups in total. The number of aryl methyl sites for hydroxylation is 2. The van der Waals surface area contributed by atoms with Crippen molar-refractivity contribution in [2.75, 3.05) is 0 Å². The zero-order valence-corrected chi connectivity index (χ0v) is 12.7. The summed E-state index contributed by atoms with van der Waals surface area (Å²) in [6.45, 7) is 2.83. The number of benzene rings is 1. The highest BCUT2D eigenvalue weighted by Crippen LogP contribution is 2.31. The molecule has 0 saturated carbocycles. The minimum atomic E-state index is 0.177. The Balaban J connectivity index is 1.70. The maximum Gasteiger partial charge on any atom is 0.122 e. The first-order valence-corrected chi connectivity index (χ1v) is 8.16. The highest BCUT2D eigenvalue weighted by Gasteiger charge is 2.17. The lowest BCUT2D eigenvalue weighted by atomic mass is 9.88. The Bertz CT molecular complexity index is 590. The van der Waals surface area contributed by atoms with E-state index in [1.54, 1.807) is 0 Å². The summed E-state index contributed by atoms with van der Waals surface area (Å²) in [6.07, 6.45) is 4.52. The fourth-order valence-corrected chi connectivity index (χ4v) is 3.62. The second kappa shape index (κ2) is 5.98. The van der Waals surface area contributed by atoms with E-state index in [1.807, 2.05) is 11.3 Å². The first kappa shape index (κ1) is 13.7. The van der Waals surface area contributed by atoms with Crippen LogP contribution in [0.1, 0.15) is 46.7 Å². The third-order valence-corrected chi connectivity index (χ3v) is 5.13. The van der Waals surface area contributed by atoms with Gasteiger partial charge < -0.3 is 10.5 Å². The van der Waals surface area contributed by atoms with Crippen molar-refractivity contribution in [3.05, 3.63) is 51.2 Å². The Hall–Kier alpha value is -1.32. The summed E-state index contributed by atoms with van der Waals surface area (Å²) in [5, 5.41) is 0. The topological polar surface area (TPSA) is 35.2 Å². The van der Waals surface area contributed by atoms with Crippen LogP contribution < -0.4 is 10.5 Å². The van der Waals surface area contributed by atoms with Crippen LogP contribution in [-0.4, -0.2) is 0 Å². The molecule has 3 rings (SSSR count). The predicted octanol–water partition coefficient (Wildman–Crippen LogP) is 4.23. The molecule has 0 aliphatic heterocycles. The molecule has 1 aliphatic carbocycles. The predicted molar refractivity (Wildman–Crippen MR) is 84.3 cm³/mol. The highest BCUT2D eigenvalue weighted by atomic mass is 32.1. The van der Waals surface area contributed by atoms with Gasteiger partial charge in [-0.1, -0.05) is 13.0 Å². The fraction of sp³-hybridized carbons (Fsp3) is 0.412. The van der Waals surface area contributed by atoms with Crippen LogP contribution in [0.15, 0.2) is 30.3 Å². The molecule has 0 spiro atoms. The number of hydrogen-bond acceptors (Lipinski definition) is 3. The van der Waals surface area contributed by atoms with E-state index in [2.05, 4.69) is 37.3 Å². The standard InChI is InChI=1S/C17H21NOS/c1-2-14-8-9-15(20-14)11-19-13-7-6-12-4-3-5-17(18)16(12)10-13/h6-10,17H,2-5,11,18H2,1H3/t17-/m1/s1. The third kappa shape index (κ3) is 2.89. The monoisotopic (exact) mass is 287 g/mol. The lowest BCUT2D eigenvalue weighted by Gasteiger charge is -2.22. The molecule has 3 heteroatoms. The summed E-state index contributed by atoms with van der Waals surface area (Å²) in [5.41, 5.74) is 8.85. The van der Waals surface area contributed by atoms with Gasteiger partial charge in [-0.05, 0) is 61.1 Å². The normalized spacial score (nSPS) is 17.8. The van der Waals surface area contributed by atoms with E-state index in [1.165, 1.54) is 27.3 Å². The number of ether oxygens (including phenoxy) is 1. The molecule has 1 aromatic heterocycles. The van der Waals surface area contributed by atoms with Gasteiger partial charge in [-0.15, -0.1) is 11.3 Å². The molecule has 1 atom stereocenters. The van der Waals surface area contributed by atoms with Crippen molar-refractivity contribution in [2.24, 2.45) is 5.73 Å². The van der Waals surface area contributed by atoms with Crippen molar-refractivity contribution in [1.82, 2.24) is 0 Å². The van der Waals surface area contributed by atoms with E-state index in [0.29, 0.717) is 6.61 Å². The minimum absolute atomic E-state index is 0.177. The van der Waals surface area contributed by atoms with Gasteiger partial charge in [-0.3, -0.25) is 0 Å². The molecule has 0 amide bonds. The summed E-state index contributed by atoms with van der Waals surface area (Å²) in [5.74, 6) is 0.938. The number of rotatable bonds is 4. The van der Waals surface area contributed by atoms with E-state index in [0.717, 1.165) is 25.0 Å². The Kier molecular flexibility index (Phi) is 4.08. The average Bonchev–Trinajstić information content (AvgIpc) is 2.94. The van der Waals surface area contributed by atoms with Crippen molar-refractivity contribution >= 4 is 11.3 Å². The molecule has 20 heavy (non-hydrogen) atoms. The van der Waals surface area contributed by atoms with E-state index in [4.69, 9.17) is 10.5 Å². The van der Waals surface area contributed by atoms with Crippen molar-refractivity contribution in [3.63, 3.8) is 0 Å². The number of nitrogens with two attached hydrogens (primary N) is 1. The Morgan fingerprint density at radius 1 is 1.25 bits per heavy atom. The van der Waals surface area contributed by atoms with Crippen LogP contribution in [0.25, 0.3) is 0 Å². The van der Waals surface area contributed by atoms with E-state index in [9.17, 15) is 0 Å². The van der Waals surface area contributed by atoms with Crippen molar-refractivity contribution in [2.45, 2.75) is 45.3 Å².